The maximum absolute atomic E-state index is 13.3. The summed E-state index contributed by atoms with van der Waals surface area (Å²) in [6, 6.07) is 1.04. The van der Waals surface area contributed by atoms with Crippen LogP contribution in [-0.2, 0) is 4.79 Å². The van der Waals surface area contributed by atoms with Gasteiger partial charge in [-0.05, 0) is 24.5 Å². The largest absolute Gasteiger partial charge is 0.480 e. The molecular weight excluding hydrogens is 270 g/mol. The predicted octanol–water partition coefficient (Wildman–Crippen LogP) is 2.59. The molecule has 20 heavy (non-hydrogen) atoms. The highest BCUT2D eigenvalue weighted by Crippen LogP contribution is 2.17. The second-order valence-corrected chi connectivity index (χ2v) is 4.72. The van der Waals surface area contributed by atoms with Crippen LogP contribution in [0.5, 0.6) is 0 Å². The molecule has 0 unspecified atom stereocenters. The molecule has 1 aromatic rings. The number of nitrogens with one attached hydrogen (secondary N) is 2. The van der Waals surface area contributed by atoms with E-state index in [1.54, 1.807) is 13.8 Å². The van der Waals surface area contributed by atoms with Crippen molar-refractivity contribution in [2.24, 2.45) is 5.92 Å². The minimum Gasteiger partial charge on any atom is -0.480 e. The van der Waals surface area contributed by atoms with Crippen LogP contribution in [-0.4, -0.2) is 23.1 Å². The summed E-state index contributed by atoms with van der Waals surface area (Å²) in [5.41, 5.74) is -0.612. The van der Waals surface area contributed by atoms with Crippen LogP contribution < -0.4 is 10.6 Å². The van der Waals surface area contributed by atoms with Gasteiger partial charge in [-0.1, -0.05) is 19.9 Å². The summed E-state index contributed by atoms with van der Waals surface area (Å²) in [6.07, 6.45) is 0.211. The molecule has 0 spiro atoms. The van der Waals surface area contributed by atoms with E-state index in [1.807, 2.05) is 5.32 Å². The highest BCUT2D eigenvalue weighted by atomic mass is 19.1. The molecule has 0 aliphatic heterocycles. The molecule has 1 atom stereocenters. The molecule has 0 aliphatic carbocycles. The van der Waals surface area contributed by atoms with Crippen LogP contribution >= 0.6 is 0 Å². The SMILES string of the molecule is CC(C)C[C@@H](NC(=O)Nc1c(F)cccc1F)C(=O)O. The average molecular weight is 286 g/mol. The highest BCUT2D eigenvalue weighted by Gasteiger charge is 2.22. The number of halogens is 2. The lowest BCUT2D eigenvalue weighted by atomic mass is 10.0. The van der Waals surface area contributed by atoms with E-state index < -0.39 is 35.4 Å². The van der Waals surface area contributed by atoms with Gasteiger partial charge in [0, 0.05) is 0 Å². The zero-order chi connectivity index (χ0) is 15.3. The monoisotopic (exact) mass is 286 g/mol. The first kappa shape index (κ1) is 15.9. The van der Waals surface area contributed by atoms with Gasteiger partial charge in [0.05, 0.1) is 0 Å². The molecule has 0 aliphatic rings. The Hall–Kier alpha value is -2.18. The highest BCUT2D eigenvalue weighted by molar-refractivity contribution is 5.92. The number of aliphatic carboxylic acids is 1. The Labute approximate surface area is 115 Å². The number of carbonyl (C=O) groups excluding carboxylic acids is 1. The molecule has 2 amide bonds. The Morgan fingerprint density at radius 1 is 1.25 bits per heavy atom. The second-order valence-electron chi connectivity index (χ2n) is 4.72. The number of rotatable bonds is 5. The Kier molecular flexibility index (Phi) is 5.42. The molecule has 0 aromatic heterocycles. The molecule has 0 heterocycles. The van der Waals surface area contributed by atoms with Crippen LogP contribution in [0.1, 0.15) is 20.3 Å². The minimum absolute atomic E-state index is 0.0431. The van der Waals surface area contributed by atoms with Crippen molar-refractivity contribution in [1.82, 2.24) is 5.32 Å². The summed E-state index contributed by atoms with van der Waals surface area (Å²) in [4.78, 5) is 22.6. The van der Waals surface area contributed by atoms with Gasteiger partial charge in [0.25, 0.3) is 0 Å². The number of carbonyl (C=O) groups is 2. The number of benzene rings is 1. The lowest BCUT2D eigenvalue weighted by molar-refractivity contribution is -0.139. The van der Waals surface area contributed by atoms with E-state index in [1.165, 1.54) is 0 Å². The van der Waals surface area contributed by atoms with Gasteiger partial charge in [0.2, 0.25) is 0 Å². The van der Waals surface area contributed by atoms with Crippen LogP contribution in [0.4, 0.5) is 19.3 Å². The van der Waals surface area contributed by atoms with E-state index in [0.717, 1.165) is 18.2 Å². The molecule has 3 N–H and O–H groups in total. The van der Waals surface area contributed by atoms with Gasteiger partial charge in [0.1, 0.15) is 23.4 Å². The van der Waals surface area contributed by atoms with Crippen LogP contribution in [0.15, 0.2) is 18.2 Å². The quantitative estimate of drug-likeness (QED) is 0.778. The lowest BCUT2D eigenvalue weighted by Crippen LogP contribution is -2.43. The first-order valence-corrected chi connectivity index (χ1v) is 6.05. The summed E-state index contributed by atoms with van der Waals surface area (Å²) < 4.78 is 26.6. The second kappa shape index (κ2) is 6.83. The van der Waals surface area contributed by atoms with Gasteiger partial charge < -0.3 is 15.7 Å². The number of anilines is 1. The van der Waals surface area contributed by atoms with Crippen molar-refractivity contribution in [2.45, 2.75) is 26.3 Å². The normalized spacial score (nSPS) is 12.1. The molecule has 0 radical (unpaired) electrons. The fourth-order valence-electron chi connectivity index (χ4n) is 1.62. The van der Waals surface area contributed by atoms with Crippen molar-refractivity contribution in [1.29, 1.82) is 0 Å². The fraction of sp³-hybridized carbons (Fsp3) is 0.385. The number of hydrogen-bond acceptors (Lipinski definition) is 2. The topological polar surface area (TPSA) is 78.4 Å². The van der Waals surface area contributed by atoms with Gasteiger partial charge in [-0.25, -0.2) is 18.4 Å². The molecule has 0 saturated heterocycles. The molecule has 110 valence electrons. The van der Waals surface area contributed by atoms with Gasteiger partial charge >= 0.3 is 12.0 Å². The van der Waals surface area contributed by atoms with Crippen molar-refractivity contribution in [3.8, 4) is 0 Å². The number of amides is 2. The van der Waals surface area contributed by atoms with Crippen LogP contribution in [0.2, 0.25) is 0 Å². The molecule has 1 rings (SSSR count). The minimum atomic E-state index is -1.21. The fourth-order valence-corrected chi connectivity index (χ4v) is 1.62. The van der Waals surface area contributed by atoms with E-state index in [2.05, 4.69) is 5.32 Å². The summed E-state index contributed by atoms with van der Waals surface area (Å²) in [5, 5.41) is 13.1. The first-order valence-electron chi connectivity index (χ1n) is 6.05. The molecular formula is C13H16F2N2O3. The van der Waals surface area contributed by atoms with E-state index in [4.69, 9.17) is 5.11 Å². The zero-order valence-corrected chi connectivity index (χ0v) is 11.1. The first-order chi connectivity index (χ1) is 9.31. The smallest absolute Gasteiger partial charge is 0.326 e. The maximum atomic E-state index is 13.3. The summed E-state index contributed by atoms with van der Waals surface area (Å²) >= 11 is 0. The average Bonchev–Trinajstić information content (AvgIpc) is 2.32. The van der Waals surface area contributed by atoms with Gasteiger partial charge in [-0.15, -0.1) is 0 Å². The molecule has 1 aromatic carbocycles. The molecule has 0 bridgehead atoms. The van der Waals surface area contributed by atoms with Crippen molar-refractivity contribution >= 4 is 17.7 Å². The maximum Gasteiger partial charge on any atom is 0.326 e. The van der Waals surface area contributed by atoms with Crippen molar-refractivity contribution in [3.05, 3.63) is 29.8 Å². The Morgan fingerprint density at radius 3 is 2.25 bits per heavy atom. The predicted molar refractivity (Wildman–Crippen MR) is 69.4 cm³/mol. The number of carboxylic acids is 1. The van der Waals surface area contributed by atoms with Crippen molar-refractivity contribution < 1.29 is 23.5 Å². The third kappa shape index (κ3) is 4.49. The third-order valence-electron chi connectivity index (χ3n) is 2.51. The van der Waals surface area contributed by atoms with Crippen molar-refractivity contribution in [3.63, 3.8) is 0 Å². The molecule has 7 heteroatoms. The van der Waals surface area contributed by atoms with E-state index in [9.17, 15) is 18.4 Å². The van der Waals surface area contributed by atoms with Crippen molar-refractivity contribution in [2.75, 3.05) is 5.32 Å². The third-order valence-corrected chi connectivity index (χ3v) is 2.51. The number of carboxylic acid groups (broad SMARTS) is 1. The molecule has 0 fully saturated rings. The van der Waals surface area contributed by atoms with Crippen LogP contribution in [0, 0.1) is 17.6 Å². The standard InChI is InChI=1S/C13H16F2N2O3/c1-7(2)6-10(12(18)19)16-13(20)17-11-8(14)4-3-5-9(11)15/h3-5,7,10H,6H2,1-2H3,(H,18,19)(H2,16,17,20)/t10-/m1/s1. The Balaban J connectivity index is 2.73. The van der Waals surface area contributed by atoms with E-state index in [0.29, 0.717) is 0 Å². The zero-order valence-electron chi connectivity index (χ0n) is 11.1. The number of hydrogen-bond donors (Lipinski definition) is 3. The lowest BCUT2D eigenvalue weighted by Gasteiger charge is -2.17. The Morgan fingerprint density at radius 2 is 1.80 bits per heavy atom. The molecule has 5 nitrogen and oxygen atoms in total. The Bertz CT molecular complexity index is 486. The van der Waals surface area contributed by atoms with E-state index >= 15 is 0 Å². The number of urea groups is 1. The summed E-state index contributed by atoms with van der Waals surface area (Å²) in [5.74, 6) is -3.03. The number of para-hydroxylation sites is 1. The van der Waals surface area contributed by atoms with Crippen LogP contribution in [0.25, 0.3) is 0 Å². The van der Waals surface area contributed by atoms with E-state index in [-0.39, 0.29) is 12.3 Å². The van der Waals surface area contributed by atoms with Gasteiger partial charge in [-0.3, -0.25) is 0 Å². The van der Waals surface area contributed by atoms with Gasteiger partial charge in [0.15, 0.2) is 0 Å². The van der Waals surface area contributed by atoms with Crippen LogP contribution in [0.3, 0.4) is 0 Å². The van der Waals surface area contributed by atoms with Gasteiger partial charge in [-0.2, -0.15) is 0 Å². The molecule has 0 saturated carbocycles. The summed E-state index contributed by atoms with van der Waals surface area (Å²) in [7, 11) is 0. The summed E-state index contributed by atoms with van der Waals surface area (Å²) in [6.45, 7) is 3.60.